The van der Waals surface area contributed by atoms with Gasteiger partial charge in [-0.3, -0.25) is 4.79 Å². The van der Waals surface area contributed by atoms with Crippen molar-refractivity contribution < 1.29 is 9.53 Å². The molecule has 2 aromatic carbocycles. The zero-order chi connectivity index (χ0) is 19.2. The van der Waals surface area contributed by atoms with E-state index in [0.717, 1.165) is 29.0 Å². The lowest BCUT2D eigenvalue weighted by molar-refractivity contribution is -0.123. The van der Waals surface area contributed by atoms with Gasteiger partial charge in [-0.05, 0) is 48.8 Å². The zero-order valence-corrected chi connectivity index (χ0v) is 17.0. The first-order valence-corrected chi connectivity index (χ1v) is 10.5. The van der Waals surface area contributed by atoms with Crippen LogP contribution in [0.15, 0.2) is 42.5 Å². The van der Waals surface area contributed by atoms with Crippen LogP contribution >= 0.6 is 35.0 Å². The maximum absolute atomic E-state index is 12.4. The third-order valence-electron chi connectivity index (χ3n) is 3.94. The van der Waals surface area contributed by atoms with Gasteiger partial charge in [0.1, 0.15) is 11.6 Å². The predicted molar refractivity (Wildman–Crippen MR) is 112 cm³/mol. The van der Waals surface area contributed by atoms with E-state index in [4.69, 9.17) is 27.9 Å². The summed E-state index contributed by atoms with van der Waals surface area (Å²) in [4.78, 5) is 20.3. The van der Waals surface area contributed by atoms with Crippen molar-refractivity contribution in [2.24, 2.45) is 0 Å². The molecule has 142 valence electrons. The Morgan fingerprint density at radius 3 is 2.85 bits per heavy atom. The Morgan fingerprint density at radius 2 is 2.11 bits per heavy atom. The SMILES string of the molecule is CSCC[C@H](NC(=O)COc1ccc(Cl)cc1Cl)c1nc2ccccc2[nH]1. The number of hydrogen-bond donors (Lipinski definition) is 2. The molecule has 0 fully saturated rings. The molecule has 0 aliphatic heterocycles. The number of rotatable bonds is 8. The molecule has 0 unspecified atom stereocenters. The van der Waals surface area contributed by atoms with Gasteiger partial charge in [-0.2, -0.15) is 11.8 Å². The average molecular weight is 424 g/mol. The summed E-state index contributed by atoms with van der Waals surface area (Å²) >= 11 is 13.7. The molecule has 0 saturated carbocycles. The molecule has 5 nitrogen and oxygen atoms in total. The number of carbonyl (C=O) groups excluding carboxylic acids is 1. The zero-order valence-electron chi connectivity index (χ0n) is 14.7. The van der Waals surface area contributed by atoms with E-state index in [1.54, 1.807) is 30.0 Å². The van der Waals surface area contributed by atoms with E-state index < -0.39 is 0 Å². The van der Waals surface area contributed by atoms with Gasteiger partial charge in [-0.25, -0.2) is 4.98 Å². The number of thioether (sulfide) groups is 1. The molecule has 0 spiro atoms. The molecule has 0 saturated heterocycles. The van der Waals surface area contributed by atoms with Gasteiger partial charge < -0.3 is 15.0 Å². The van der Waals surface area contributed by atoms with E-state index >= 15 is 0 Å². The van der Waals surface area contributed by atoms with Crippen molar-refractivity contribution in [3.8, 4) is 5.75 Å². The lowest BCUT2D eigenvalue weighted by Crippen LogP contribution is -2.33. The number of H-pyrrole nitrogens is 1. The Labute approximate surface area is 171 Å². The highest BCUT2D eigenvalue weighted by atomic mass is 35.5. The van der Waals surface area contributed by atoms with Gasteiger partial charge in [0.25, 0.3) is 5.91 Å². The molecule has 2 N–H and O–H groups in total. The van der Waals surface area contributed by atoms with Crippen LogP contribution < -0.4 is 10.1 Å². The Bertz CT molecular complexity index is 899. The molecule has 0 aliphatic carbocycles. The first-order valence-electron chi connectivity index (χ1n) is 8.37. The van der Waals surface area contributed by atoms with Crippen LogP contribution in [0.2, 0.25) is 10.0 Å². The van der Waals surface area contributed by atoms with Crippen molar-refractivity contribution in [1.82, 2.24) is 15.3 Å². The number of halogens is 2. The second-order valence-electron chi connectivity index (χ2n) is 5.90. The second kappa shape index (κ2) is 9.35. The summed E-state index contributed by atoms with van der Waals surface area (Å²) in [6, 6.07) is 12.4. The number of fused-ring (bicyclic) bond motifs is 1. The summed E-state index contributed by atoms with van der Waals surface area (Å²) in [5.41, 5.74) is 1.82. The van der Waals surface area contributed by atoms with Crippen LogP contribution in [-0.2, 0) is 4.79 Å². The first kappa shape index (κ1) is 19.9. The Morgan fingerprint density at radius 1 is 1.30 bits per heavy atom. The number of hydrogen-bond acceptors (Lipinski definition) is 4. The normalized spacial score (nSPS) is 12.1. The molecule has 27 heavy (non-hydrogen) atoms. The number of carbonyl (C=O) groups is 1. The molecule has 3 rings (SSSR count). The second-order valence-corrected chi connectivity index (χ2v) is 7.73. The summed E-state index contributed by atoms with van der Waals surface area (Å²) in [5, 5.41) is 3.87. The summed E-state index contributed by atoms with van der Waals surface area (Å²) in [6.07, 6.45) is 2.79. The van der Waals surface area contributed by atoms with Crippen LogP contribution in [0.25, 0.3) is 11.0 Å². The van der Waals surface area contributed by atoms with E-state index in [2.05, 4.69) is 15.3 Å². The number of para-hydroxylation sites is 2. The van der Waals surface area contributed by atoms with Gasteiger partial charge in [0.05, 0.1) is 22.1 Å². The molecule has 1 amide bonds. The third kappa shape index (κ3) is 5.31. The maximum atomic E-state index is 12.4. The highest BCUT2D eigenvalue weighted by Crippen LogP contribution is 2.27. The van der Waals surface area contributed by atoms with Crippen molar-refractivity contribution in [2.75, 3.05) is 18.6 Å². The Hall–Kier alpha value is -1.89. The summed E-state index contributed by atoms with van der Waals surface area (Å²) in [7, 11) is 0. The van der Waals surface area contributed by atoms with Crippen LogP contribution in [0, 0.1) is 0 Å². The number of aromatic nitrogens is 2. The van der Waals surface area contributed by atoms with Crippen molar-refractivity contribution in [1.29, 1.82) is 0 Å². The minimum atomic E-state index is -0.243. The predicted octanol–water partition coefficient (Wildman–Crippen LogP) is 4.86. The third-order valence-corrected chi connectivity index (χ3v) is 5.11. The number of amides is 1. The van der Waals surface area contributed by atoms with Crippen molar-refractivity contribution in [3.05, 3.63) is 58.3 Å². The molecule has 0 radical (unpaired) electrons. The van der Waals surface area contributed by atoms with Crippen molar-refractivity contribution in [2.45, 2.75) is 12.5 Å². The first-order chi connectivity index (χ1) is 13.1. The molecule has 3 aromatic rings. The number of ether oxygens (including phenoxy) is 1. The highest BCUT2D eigenvalue weighted by molar-refractivity contribution is 7.98. The molecule has 0 aliphatic rings. The van der Waals surface area contributed by atoms with Gasteiger partial charge in [0, 0.05) is 5.02 Å². The van der Waals surface area contributed by atoms with Gasteiger partial charge in [0.15, 0.2) is 6.61 Å². The van der Waals surface area contributed by atoms with Crippen LogP contribution in [0.3, 0.4) is 0 Å². The van der Waals surface area contributed by atoms with Gasteiger partial charge in [-0.1, -0.05) is 35.3 Å². The van der Waals surface area contributed by atoms with E-state index in [-0.39, 0.29) is 18.6 Å². The lowest BCUT2D eigenvalue weighted by Gasteiger charge is -2.17. The minimum absolute atomic E-state index is 0.142. The number of aromatic amines is 1. The van der Waals surface area contributed by atoms with Crippen LogP contribution in [0.5, 0.6) is 5.75 Å². The number of nitrogens with zero attached hydrogens (tertiary/aromatic N) is 1. The fourth-order valence-corrected chi connectivity index (χ4v) is 3.56. The minimum Gasteiger partial charge on any atom is -0.482 e. The molecule has 1 aromatic heterocycles. The van der Waals surface area contributed by atoms with Crippen LogP contribution in [-0.4, -0.2) is 34.5 Å². The quantitative estimate of drug-likeness (QED) is 0.542. The van der Waals surface area contributed by atoms with Gasteiger partial charge in [0.2, 0.25) is 0 Å². The molecular weight excluding hydrogens is 405 g/mol. The summed E-state index contributed by atoms with van der Waals surface area (Å²) in [6.45, 7) is -0.142. The van der Waals surface area contributed by atoms with Gasteiger partial charge >= 0.3 is 0 Å². The van der Waals surface area contributed by atoms with Crippen LogP contribution in [0.1, 0.15) is 18.3 Å². The van der Waals surface area contributed by atoms with E-state index in [0.29, 0.717) is 15.8 Å². The van der Waals surface area contributed by atoms with Crippen molar-refractivity contribution >= 4 is 51.9 Å². The highest BCUT2D eigenvalue weighted by Gasteiger charge is 2.18. The number of benzene rings is 2. The maximum Gasteiger partial charge on any atom is 0.258 e. The summed E-state index contributed by atoms with van der Waals surface area (Å²) in [5.74, 6) is 1.81. The molecule has 1 atom stereocenters. The number of nitrogens with one attached hydrogen (secondary N) is 2. The lowest BCUT2D eigenvalue weighted by atomic mass is 10.2. The Kier molecular flexibility index (Phi) is 6.88. The monoisotopic (exact) mass is 423 g/mol. The van der Waals surface area contributed by atoms with E-state index in [1.807, 2.05) is 30.5 Å². The molecule has 8 heteroatoms. The fraction of sp³-hybridized carbons (Fsp3) is 0.263. The topological polar surface area (TPSA) is 67.0 Å². The Balaban J connectivity index is 1.67. The average Bonchev–Trinajstić information content (AvgIpc) is 3.08. The van der Waals surface area contributed by atoms with E-state index in [9.17, 15) is 4.79 Å². The van der Waals surface area contributed by atoms with E-state index in [1.165, 1.54) is 0 Å². The van der Waals surface area contributed by atoms with Gasteiger partial charge in [-0.15, -0.1) is 0 Å². The standard InChI is InChI=1S/C19H19Cl2N3O2S/c1-27-9-8-16(19-23-14-4-2-3-5-15(14)24-19)22-18(25)11-26-17-7-6-12(20)10-13(17)21/h2-7,10,16H,8-9,11H2,1H3,(H,22,25)(H,23,24)/t16-/m0/s1. The molecule has 0 bridgehead atoms. The largest absolute Gasteiger partial charge is 0.482 e. The number of imidazole rings is 1. The van der Waals surface area contributed by atoms with Crippen molar-refractivity contribution in [3.63, 3.8) is 0 Å². The molecular formula is C19H19Cl2N3O2S. The molecule has 1 heterocycles. The fourth-order valence-electron chi connectivity index (χ4n) is 2.62. The summed E-state index contributed by atoms with van der Waals surface area (Å²) < 4.78 is 5.52. The van der Waals surface area contributed by atoms with Crippen LogP contribution in [0.4, 0.5) is 0 Å². The smallest absolute Gasteiger partial charge is 0.258 e.